The molecule has 120 valence electrons. The number of phenolic OH excluding ortho intramolecular Hbond substituents is 1. The molecule has 0 spiro atoms. The van der Waals surface area contributed by atoms with Crippen LogP contribution in [0.25, 0.3) is 10.8 Å². The number of carbonyl (C=O) groups is 1. The molecule has 3 rings (SSSR count). The van der Waals surface area contributed by atoms with Gasteiger partial charge in [-0.05, 0) is 47.2 Å². The number of hydrogen-bond acceptors (Lipinski definition) is 4. The number of nitrogens with zero attached hydrogens (tertiary/aromatic N) is 1. The first-order valence-electron chi connectivity index (χ1n) is 7.08. The zero-order chi connectivity index (χ0) is 17.1. The minimum Gasteiger partial charge on any atom is -0.507 e. The fourth-order valence-corrected chi connectivity index (χ4v) is 2.72. The Morgan fingerprint density at radius 1 is 1.12 bits per heavy atom. The van der Waals surface area contributed by atoms with Crippen molar-refractivity contribution >= 4 is 44.6 Å². The van der Waals surface area contributed by atoms with E-state index >= 15 is 0 Å². The van der Waals surface area contributed by atoms with Gasteiger partial charge in [-0.3, -0.25) is 5.43 Å². The van der Waals surface area contributed by atoms with Crippen LogP contribution in [-0.2, 0) is 0 Å². The van der Waals surface area contributed by atoms with Crippen molar-refractivity contribution < 1.29 is 15.0 Å². The Morgan fingerprint density at radius 2 is 1.96 bits per heavy atom. The molecule has 0 bridgehead atoms. The Balaban J connectivity index is 1.89. The lowest BCUT2D eigenvalue weighted by Crippen LogP contribution is -1.98. The third kappa shape index (κ3) is 3.38. The summed E-state index contributed by atoms with van der Waals surface area (Å²) in [4.78, 5) is 11.0. The van der Waals surface area contributed by atoms with Gasteiger partial charge in [0.15, 0.2) is 0 Å². The summed E-state index contributed by atoms with van der Waals surface area (Å²) in [5, 5.41) is 25.0. The van der Waals surface area contributed by atoms with Crippen LogP contribution in [0, 0.1) is 0 Å². The number of hydrogen-bond donors (Lipinski definition) is 3. The highest BCUT2D eigenvalue weighted by atomic mass is 79.9. The summed E-state index contributed by atoms with van der Waals surface area (Å²) >= 11 is 3.42. The van der Waals surface area contributed by atoms with Crippen LogP contribution in [0.15, 0.2) is 64.2 Å². The van der Waals surface area contributed by atoms with Crippen LogP contribution in [0.3, 0.4) is 0 Å². The van der Waals surface area contributed by atoms with Gasteiger partial charge in [0.2, 0.25) is 0 Å². The van der Waals surface area contributed by atoms with Gasteiger partial charge in [-0.2, -0.15) is 5.10 Å². The number of hydrazone groups is 1. The summed E-state index contributed by atoms with van der Waals surface area (Å²) in [6.45, 7) is 0. The quantitative estimate of drug-likeness (QED) is 0.458. The Bertz CT molecular complexity index is 954. The predicted octanol–water partition coefficient (Wildman–Crippen LogP) is 4.45. The number of aromatic hydroxyl groups is 1. The fraction of sp³-hybridized carbons (Fsp3) is 0. The largest absolute Gasteiger partial charge is 0.507 e. The molecule has 3 aromatic carbocycles. The van der Waals surface area contributed by atoms with E-state index < -0.39 is 5.97 Å². The molecule has 24 heavy (non-hydrogen) atoms. The first kappa shape index (κ1) is 16.0. The van der Waals surface area contributed by atoms with E-state index in [0.29, 0.717) is 11.3 Å². The lowest BCUT2D eigenvalue weighted by atomic mass is 10.0. The second-order valence-corrected chi connectivity index (χ2v) is 6.04. The van der Waals surface area contributed by atoms with Crippen LogP contribution >= 0.6 is 15.9 Å². The highest BCUT2D eigenvalue weighted by Crippen LogP contribution is 2.28. The van der Waals surface area contributed by atoms with Gasteiger partial charge in [-0.1, -0.05) is 34.1 Å². The van der Waals surface area contributed by atoms with Gasteiger partial charge < -0.3 is 10.2 Å². The second-order valence-electron chi connectivity index (χ2n) is 5.12. The lowest BCUT2D eigenvalue weighted by Gasteiger charge is -2.06. The van der Waals surface area contributed by atoms with Gasteiger partial charge in [0.05, 0.1) is 17.5 Å². The number of aromatic carboxylic acids is 1. The first-order chi connectivity index (χ1) is 11.5. The summed E-state index contributed by atoms with van der Waals surface area (Å²) in [6, 6.07) is 15.5. The van der Waals surface area contributed by atoms with E-state index in [1.807, 2.05) is 24.3 Å². The molecule has 0 aliphatic heterocycles. The van der Waals surface area contributed by atoms with E-state index in [4.69, 9.17) is 5.11 Å². The van der Waals surface area contributed by atoms with Gasteiger partial charge in [0, 0.05) is 10.0 Å². The third-order valence-corrected chi connectivity index (χ3v) is 3.99. The molecule has 0 atom stereocenters. The molecule has 0 amide bonds. The fourth-order valence-electron chi connectivity index (χ4n) is 2.34. The molecular formula is C18H13BrN2O3. The minimum atomic E-state index is -1.00. The van der Waals surface area contributed by atoms with Gasteiger partial charge in [0.25, 0.3) is 0 Å². The Hall–Kier alpha value is -2.86. The average Bonchev–Trinajstić information content (AvgIpc) is 2.57. The van der Waals surface area contributed by atoms with Crippen LogP contribution in [-0.4, -0.2) is 22.4 Å². The first-order valence-corrected chi connectivity index (χ1v) is 7.87. The van der Waals surface area contributed by atoms with Crippen LogP contribution in [0.1, 0.15) is 15.9 Å². The zero-order valence-electron chi connectivity index (χ0n) is 12.4. The monoisotopic (exact) mass is 384 g/mol. The maximum Gasteiger partial charge on any atom is 0.335 e. The van der Waals surface area contributed by atoms with Crippen molar-refractivity contribution in [2.75, 3.05) is 5.43 Å². The van der Waals surface area contributed by atoms with E-state index in [0.717, 1.165) is 15.2 Å². The number of fused-ring (bicyclic) bond motifs is 1. The summed E-state index contributed by atoms with van der Waals surface area (Å²) in [6.07, 6.45) is 1.51. The van der Waals surface area contributed by atoms with Crippen molar-refractivity contribution in [1.29, 1.82) is 0 Å². The molecule has 0 unspecified atom stereocenters. The standard InChI is InChI=1S/C18H13BrN2O3/c19-13-5-6-15-11(8-13)4-7-17(22)16(15)10-20-21-14-3-1-2-12(9-14)18(23)24/h1-10,21-22H,(H,23,24)/b20-10+. The highest BCUT2D eigenvalue weighted by molar-refractivity contribution is 9.10. The van der Waals surface area contributed by atoms with Crippen LogP contribution in [0.4, 0.5) is 5.69 Å². The van der Waals surface area contributed by atoms with Crippen molar-refractivity contribution in [3.05, 3.63) is 70.2 Å². The van der Waals surface area contributed by atoms with Crippen molar-refractivity contribution in [3.8, 4) is 5.75 Å². The molecule has 3 N–H and O–H groups in total. The molecule has 0 saturated carbocycles. The smallest absolute Gasteiger partial charge is 0.335 e. The van der Waals surface area contributed by atoms with E-state index in [2.05, 4.69) is 26.5 Å². The van der Waals surface area contributed by atoms with E-state index in [-0.39, 0.29) is 11.3 Å². The van der Waals surface area contributed by atoms with Crippen molar-refractivity contribution in [2.45, 2.75) is 0 Å². The summed E-state index contributed by atoms with van der Waals surface area (Å²) in [5.41, 5.74) is 4.09. The Morgan fingerprint density at radius 3 is 2.75 bits per heavy atom. The van der Waals surface area contributed by atoms with Gasteiger partial charge in [-0.15, -0.1) is 0 Å². The molecule has 0 aliphatic carbocycles. The zero-order valence-corrected chi connectivity index (χ0v) is 14.0. The molecular weight excluding hydrogens is 372 g/mol. The number of carboxylic acid groups (broad SMARTS) is 1. The number of phenols is 1. The molecule has 0 radical (unpaired) electrons. The van der Waals surface area contributed by atoms with Gasteiger partial charge >= 0.3 is 5.97 Å². The molecule has 0 saturated heterocycles. The van der Waals surface area contributed by atoms with E-state index in [1.54, 1.807) is 18.2 Å². The summed E-state index contributed by atoms with van der Waals surface area (Å²) in [7, 11) is 0. The molecule has 0 fully saturated rings. The number of anilines is 1. The van der Waals surface area contributed by atoms with Crippen LogP contribution < -0.4 is 5.43 Å². The van der Waals surface area contributed by atoms with E-state index in [1.165, 1.54) is 18.3 Å². The molecule has 6 heteroatoms. The Kier molecular flexibility index (Phi) is 4.48. The van der Waals surface area contributed by atoms with Crippen LogP contribution in [0.5, 0.6) is 5.75 Å². The normalized spacial score (nSPS) is 11.0. The Labute approximate surface area is 146 Å². The maximum atomic E-state index is 11.0. The second kappa shape index (κ2) is 6.72. The molecule has 0 aromatic heterocycles. The van der Waals surface area contributed by atoms with Gasteiger partial charge in [-0.25, -0.2) is 4.79 Å². The topological polar surface area (TPSA) is 81.9 Å². The van der Waals surface area contributed by atoms with Crippen molar-refractivity contribution in [1.82, 2.24) is 0 Å². The molecule has 0 heterocycles. The number of carboxylic acids is 1. The summed E-state index contributed by atoms with van der Waals surface area (Å²) < 4.78 is 0.951. The predicted molar refractivity (Wildman–Crippen MR) is 97.9 cm³/mol. The average molecular weight is 385 g/mol. The van der Waals surface area contributed by atoms with E-state index in [9.17, 15) is 9.90 Å². The maximum absolute atomic E-state index is 11.0. The van der Waals surface area contributed by atoms with Gasteiger partial charge in [0.1, 0.15) is 5.75 Å². The van der Waals surface area contributed by atoms with Crippen LogP contribution in [0.2, 0.25) is 0 Å². The highest BCUT2D eigenvalue weighted by Gasteiger charge is 2.06. The molecule has 0 aliphatic rings. The lowest BCUT2D eigenvalue weighted by molar-refractivity contribution is 0.0697. The molecule has 3 aromatic rings. The number of benzene rings is 3. The number of halogens is 1. The number of rotatable bonds is 4. The molecule has 5 nitrogen and oxygen atoms in total. The number of nitrogens with one attached hydrogen (secondary N) is 1. The third-order valence-electron chi connectivity index (χ3n) is 3.50. The SMILES string of the molecule is O=C(O)c1cccc(N/N=C/c2c(O)ccc3cc(Br)ccc23)c1. The van der Waals surface area contributed by atoms with Crippen molar-refractivity contribution in [3.63, 3.8) is 0 Å². The minimum absolute atomic E-state index is 0.120. The summed E-state index contributed by atoms with van der Waals surface area (Å²) in [5.74, 6) is -0.880. The van der Waals surface area contributed by atoms with Crippen molar-refractivity contribution in [2.24, 2.45) is 5.10 Å².